The van der Waals surface area contributed by atoms with Gasteiger partial charge in [0, 0.05) is 18.6 Å². The third-order valence-electron chi connectivity index (χ3n) is 5.52. The molecule has 1 fully saturated rings. The molecule has 0 aromatic heterocycles. The molecule has 1 aliphatic rings. The molecule has 0 atom stereocenters. The van der Waals surface area contributed by atoms with E-state index in [0.29, 0.717) is 6.61 Å². The van der Waals surface area contributed by atoms with Crippen molar-refractivity contribution in [3.63, 3.8) is 0 Å². The summed E-state index contributed by atoms with van der Waals surface area (Å²) >= 11 is 0. The third kappa shape index (κ3) is 6.25. The monoisotopic (exact) mass is 298 g/mol. The standard InChI is InChI=1S/C18H38N2O/c1-5-19(6-2)13-8-14-20(7-3)15-18(16-21)11-9-17(4)10-12-18/h17,21H,5-16H2,1-4H3. The molecule has 0 saturated heterocycles. The number of nitrogens with zero attached hydrogens (tertiary/aromatic N) is 2. The van der Waals surface area contributed by atoms with Gasteiger partial charge in [0.25, 0.3) is 0 Å². The SMILES string of the molecule is CCN(CC)CCCN(CC)CC1(CO)CCC(C)CC1. The maximum absolute atomic E-state index is 9.93. The molecule has 126 valence electrons. The molecule has 0 bridgehead atoms. The Labute approximate surface area is 132 Å². The van der Waals surface area contributed by atoms with E-state index in [9.17, 15) is 5.11 Å². The predicted molar refractivity (Wildman–Crippen MR) is 91.7 cm³/mol. The molecule has 1 N–H and O–H groups in total. The molecule has 1 aliphatic carbocycles. The number of aliphatic hydroxyl groups excluding tert-OH is 1. The first-order chi connectivity index (χ1) is 10.1. The Morgan fingerprint density at radius 3 is 1.95 bits per heavy atom. The number of rotatable bonds is 10. The van der Waals surface area contributed by atoms with Crippen molar-refractivity contribution in [2.45, 2.75) is 59.8 Å². The van der Waals surface area contributed by atoms with Crippen LogP contribution in [0.2, 0.25) is 0 Å². The van der Waals surface area contributed by atoms with E-state index in [1.54, 1.807) is 0 Å². The van der Waals surface area contributed by atoms with Gasteiger partial charge in [0.15, 0.2) is 0 Å². The molecule has 1 saturated carbocycles. The van der Waals surface area contributed by atoms with Crippen LogP contribution in [0.4, 0.5) is 0 Å². The summed E-state index contributed by atoms with van der Waals surface area (Å²) in [5.74, 6) is 0.849. The van der Waals surface area contributed by atoms with Crippen LogP contribution >= 0.6 is 0 Å². The summed E-state index contributed by atoms with van der Waals surface area (Å²) in [4.78, 5) is 5.06. The molecule has 1 rings (SSSR count). The van der Waals surface area contributed by atoms with E-state index >= 15 is 0 Å². The highest BCUT2D eigenvalue weighted by Crippen LogP contribution is 2.39. The second-order valence-corrected chi connectivity index (χ2v) is 7.09. The van der Waals surface area contributed by atoms with Crippen molar-refractivity contribution in [1.82, 2.24) is 9.80 Å². The molecule has 0 heterocycles. The second-order valence-electron chi connectivity index (χ2n) is 7.09. The van der Waals surface area contributed by atoms with Gasteiger partial charge in [-0.25, -0.2) is 0 Å². The first kappa shape index (κ1) is 18.9. The van der Waals surface area contributed by atoms with Gasteiger partial charge in [-0.3, -0.25) is 0 Å². The van der Waals surface area contributed by atoms with Crippen LogP contribution in [-0.2, 0) is 0 Å². The Kier molecular flexibility index (Phi) is 8.84. The Hall–Kier alpha value is -0.120. The lowest BCUT2D eigenvalue weighted by atomic mass is 9.71. The van der Waals surface area contributed by atoms with Crippen LogP contribution in [0.3, 0.4) is 0 Å². The zero-order valence-corrected chi connectivity index (χ0v) is 14.9. The summed E-state index contributed by atoms with van der Waals surface area (Å²) in [6.07, 6.45) is 6.23. The molecule has 21 heavy (non-hydrogen) atoms. The van der Waals surface area contributed by atoms with Gasteiger partial charge in [0.1, 0.15) is 0 Å². The predicted octanol–water partition coefficient (Wildman–Crippen LogP) is 3.23. The van der Waals surface area contributed by atoms with Gasteiger partial charge in [0.2, 0.25) is 0 Å². The molecule has 0 aliphatic heterocycles. The lowest BCUT2D eigenvalue weighted by Crippen LogP contribution is -2.43. The van der Waals surface area contributed by atoms with E-state index < -0.39 is 0 Å². The largest absolute Gasteiger partial charge is 0.396 e. The topological polar surface area (TPSA) is 26.7 Å². The molecule has 0 aromatic carbocycles. The van der Waals surface area contributed by atoms with E-state index in [4.69, 9.17) is 0 Å². The highest BCUT2D eigenvalue weighted by molar-refractivity contribution is 4.87. The van der Waals surface area contributed by atoms with Crippen molar-refractivity contribution in [1.29, 1.82) is 0 Å². The molecule has 0 radical (unpaired) electrons. The molecule has 0 unspecified atom stereocenters. The maximum atomic E-state index is 9.93. The lowest BCUT2D eigenvalue weighted by Gasteiger charge is -2.41. The normalized spacial score (nSPS) is 26.7. The van der Waals surface area contributed by atoms with Crippen LogP contribution in [0.15, 0.2) is 0 Å². The number of aliphatic hydroxyl groups is 1. The third-order valence-corrected chi connectivity index (χ3v) is 5.52. The quantitative estimate of drug-likeness (QED) is 0.671. The van der Waals surface area contributed by atoms with Gasteiger partial charge < -0.3 is 14.9 Å². The molecule has 0 aromatic rings. The van der Waals surface area contributed by atoms with E-state index in [1.165, 1.54) is 45.2 Å². The van der Waals surface area contributed by atoms with E-state index in [1.807, 2.05) is 0 Å². The van der Waals surface area contributed by atoms with Crippen molar-refractivity contribution in [3.05, 3.63) is 0 Å². The zero-order valence-electron chi connectivity index (χ0n) is 14.9. The summed E-state index contributed by atoms with van der Waals surface area (Å²) in [7, 11) is 0. The van der Waals surface area contributed by atoms with Crippen molar-refractivity contribution in [2.24, 2.45) is 11.3 Å². The summed E-state index contributed by atoms with van der Waals surface area (Å²) in [6, 6.07) is 0. The van der Waals surface area contributed by atoms with E-state index in [0.717, 1.165) is 32.1 Å². The van der Waals surface area contributed by atoms with E-state index in [-0.39, 0.29) is 5.41 Å². The molecule has 0 amide bonds. The van der Waals surface area contributed by atoms with Crippen LogP contribution < -0.4 is 0 Å². The minimum absolute atomic E-state index is 0.178. The van der Waals surface area contributed by atoms with Gasteiger partial charge >= 0.3 is 0 Å². The van der Waals surface area contributed by atoms with Crippen LogP contribution in [0.25, 0.3) is 0 Å². The maximum Gasteiger partial charge on any atom is 0.0499 e. The minimum Gasteiger partial charge on any atom is -0.396 e. The van der Waals surface area contributed by atoms with Crippen LogP contribution in [0.5, 0.6) is 0 Å². The van der Waals surface area contributed by atoms with Crippen molar-refractivity contribution in [3.8, 4) is 0 Å². The van der Waals surface area contributed by atoms with Gasteiger partial charge in [0.05, 0.1) is 0 Å². The Morgan fingerprint density at radius 2 is 1.48 bits per heavy atom. The Morgan fingerprint density at radius 1 is 0.952 bits per heavy atom. The van der Waals surface area contributed by atoms with E-state index in [2.05, 4.69) is 37.5 Å². The smallest absolute Gasteiger partial charge is 0.0499 e. The van der Waals surface area contributed by atoms with Crippen molar-refractivity contribution >= 4 is 0 Å². The minimum atomic E-state index is 0.178. The summed E-state index contributed by atoms with van der Waals surface area (Å²) in [5.41, 5.74) is 0.178. The molecule has 3 nitrogen and oxygen atoms in total. The van der Waals surface area contributed by atoms with Crippen LogP contribution in [0, 0.1) is 11.3 Å². The fourth-order valence-electron chi connectivity index (χ4n) is 3.62. The van der Waals surface area contributed by atoms with Crippen molar-refractivity contribution < 1.29 is 5.11 Å². The van der Waals surface area contributed by atoms with Gasteiger partial charge in [-0.1, -0.05) is 40.5 Å². The zero-order chi connectivity index (χ0) is 15.7. The highest BCUT2D eigenvalue weighted by Gasteiger charge is 2.34. The first-order valence-electron chi connectivity index (χ1n) is 9.14. The second kappa shape index (κ2) is 9.81. The van der Waals surface area contributed by atoms with Crippen LogP contribution in [-0.4, -0.2) is 60.8 Å². The summed E-state index contributed by atoms with van der Waals surface area (Å²) in [5, 5.41) is 9.93. The van der Waals surface area contributed by atoms with Crippen molar-refractivity contribution in [2.75, 3.05) is 45.9 Å². The average Bonchev–Trinajstić information content (AvgIpc) is 2.52. The molecular weight excluding hydrogens is 260 g/mol. The Bertz CT molecular complexity index is 258. The summed E-state index contributed by atoms with van der Waals surface area (Å²) in [6.45, 7) is 16.3. The molecule has 3 heteroatoms. The van der Waals surface area contributed by atoms with Gasteiger partial charge in [-0.05, 0) is 57.9 Å². The molecule has 0 spiro atoms. The van der Waals surface area contributed by atoms with Gasteiger partial charge in [-0.15, -0.1) is 0 Å². The Balaban J connectivity index is 2.40. The number of hydrogen-bond acceptors (Lipinski definition) is 3. The first-order valence-corrected chi connectivity index (χ1v) is 9.14. The lowest BCUT2D eigenvalue weighted by molar-refractivity contribution is 0.0297. The molecular formula is C18H38N2O. The number of hydrogen-bond donors (Lipinski definition) is 1. The summed E-state index contributed by atoms with van der Waals surface area (Å²) < 4.78 is 0. The highest BCUT2D eigenvalue weighted by atomic mass is 16.3. The van der Waals surface area contributed by atoms with Gasteiger partial charge in [-0.2, -0.15) is 0 Å². The fraction of sp³-hybridized carbons (Fsp3) is 1.00. The average molecular weight is 299 g/mol. The fourth-order valence-corrected chi connectivity index (χ4v) is 3.62. The van der Waals surface area contributed by atoms with Crippen LogP contribution in [0.1, 0.15) is 59.8 Å².